The fourth-order valence-electron chi connectivity index (χ4n) is 2.97. The molecule has 27 heavy (non-hydrogen) atoms. The molecule has 7 heteroatoms. The van der Waals surface area contributed by atoms with E-state index >= 15 is 0 Å². The van der Waals surface area contributed by atoms with Crippen molar-refractivity contribution in [2.24, 2.45) is 0 Å². The molecule has 1 heterocycles. The van der Waals surface area contributed by atoms with Gasteiger partial charge in [-0.3, -0.25) is 4.79 Å². The van der Waals surface area contributed by atoms with Crippen LogP contribution in [0.4, 0.5) is 10.1 Å². The van der Waals surface area contributed by atoms with E-state index in [9.17, 15) is 17.6 Å². The van der Waals surface area contributed by atoms with Gasteiger partial charge in [0.25, 0.3) is 0 Å². The lowest BCUT2D eigenvalue weighted by atomic mass is 10.1. The molecule has 5 nitrogen and oxygen atoms in total. The predicted octanol–water partition coefficient (Wildman–Crippen LogP) is 3.11. The average molecular weight is 389 g/mol. The summed E-state index contributed by atoms with van der Waals surface area (Å²) in [5, 5.41) is 1.14. The van der Waals surface area contributed by atoms with Crippen molar-refractivity contribution < 1.29 is 22.3 Å². The third kappa shape index (κ3) is 4.74. The van der Waals surface area contributed by atoms with Gasteiger partial charge in [0.05, 0.1) is 24.8 Å². The number of rotatable bonds is 6. The second-order valence-electron chi connectivity index (χ2n) is 6.22. The van der Waals surface area contributed by atoms with Crippen molar-refractivity contribution in [3.05, 3.63) is 71.4 Å². The molecule has 0 saturated carbocycles. The van der Waals surface area contributed by atoms with Crippen LogP contribution in [-0.4, -0.2) is 32.7 Å². The number of sulfone groups is 1. The summed E-state index contributed by atoms with van der Waals surface area (Å²) in [6, 6.07) is 12.0. The van der Waals surface area contributed by atoms with Crippen LogP contribution in [-0.2, 0) is 21.1 Å². The Morgan fingerprint density at radius 2 is 1.81 bits per heavy atom. The molecule has 0 aliphatic carbocycles. The molecule has 0 radical (unpaired) electrons. The van der Waals surface area contributed by atoms with Crippen LogP contribution in [0.3, 0.4) is 0 Å². The zero-order valence-electron chi connectivity index (χ0n) is 14.8. The second-order valence-corrected chi connectivity index (χ2v) is 8.15. The van der Waals surface area contributed by atoms with Gasteiger partial charge < -0.3 is 9.64 Å². The summed E-state index contributed by atoms with van der Waals surface area (Å²) in [6.45, 7) is 2.40. The van der Waals surface area contributed by atoms with Gasteiger partial charge >= 0.3 is 0 Å². The highest BCUT2D eigenvalue weighted by molar-refractivity contribution is 7.94. The summed E-state index contributed by atoms with van der Waals surface area (Å²) < 4.78 is 42.2. The van der Waals surface area contributed by atoms with Gasteiger partial charge in [0, 0.05) is 11.1 Å². The average Bonchev–Trinajstić information content (AvgIpc) is 2.98. The van der Waals surface area contributed by atoms with E-state index in [1.165, 1.54) is 23.1 Å². The zero-order valence-corrected chi connectivity index (χ0v) is 15.7. The van der Waals surface area contributed by atoms with Gasteiger partial charge in [0.2, 0.25) is 5.91 Å². The maximum atomic E-state index is 13.1. The topological polar surface area (TPSA) is 63.7 Å². The third-order valence-corrected chi connectivity index (χ3v) is 5.58. The van der Waals surface area contributed by atoms with E-state index in [1.807, 2.05) is 6.92 Å². The highest BCUT2D eigenvalue weighted by Gasteiger charge is 2.31. The van der Waals surface area contributed by atoms with E-state index in [-0.39, 0.29) is 23.9 Å². The fraction of sp³-hybridized carbons (Fsp3) is 0.250. The zero-order chi connectivity index (χ0) is 19.4. The van der Waals surface area contributed by atoms with Gasteiger partial charge in [-0.05, 0) is 55.0 Å². The molecular weight excluding hydrogens is 369 g/mol. The lowest BCUT2D eigenvalue weighted by molar-refractivity contribution is -0.118. The van der Waals surface area contributed by atoms with Crippen molar-refractivity contribution in [2.45, 2.75) is 19.4 Å². The first-order chi connectivity index (χ1) is 12.9. The van der Waals surface area contributed by atoms with Crippen molar-refractivity contribution in [2.75, 3.05) is 17.3 Å². The van der Waals surface area contributed by atoms with Crippen LogP contribution in [0, 0.1) is 5.82 Å². The standard InChI is InChI=1S/C20H20FNO4S/c1-2-26-19-9-7-17(8-10-19)22(18-11-12-27(24,25)14-18)20(23)13-15-3-5-16(21)6-4-15/h3-12,18H,2,13-14H2,1H3/t18-/m0/s1. The number of ether oxygens (including phenoxy) is 1. The first-order valence-corrected chi connectivity index (χ1v) is 10.3. The molecule has 1 aliphatic rings. The molecule has 0 aromatic heterocycles. The normalized spacial score (nSPS) is 17.6. The number of carbonyl (C=O) groups excluding carboxylic acids is 1. The lowest BCUT2D eigenvalue weighted by Gasteiger charge is -2.28. The van der Waals surface area contributed by atoms with Crippen molar-refractivity contribution in [3.8, 4) is 5.75 Å². The van der Waals surface area contributed by atoms with Gasteiger partial charge in [0.15, 0.2) is 9.84 Å². The number of halogens is 1. The van der Waals surface area contributed by atoms with Gasteiger partial charge in [-0.15, -0.1) is 0 Å². The maximum Gasteiger partial charge on any atom is 0.231 e. The summed E-state index contributed by atoms with van der Waals surface area (Å²) in [4.78, 5) is 14.5. The maximum absolute atomic E-state index is 13.1. The molecular formula is C20H20FNO4S. The van der Waals surface area contributed by atoms with Gasteiger partial charge in [-0.2, -0.15) is 0 Å². The number of benzene rings is 2. The monoisotopic (exact) mass is 389 g/mol. The third-order valence-electron chi connectivity index (χ3n) is 4.21. The molecule has 0 unspecified atom stereocenters. The Morgan fingerprint density at radius 1 is 1.15 bits per heavy atom. The molecule has 1 amide bonds. The Kier molecular flexibility index (Phi) is 5.60. The van der Waals surface area contributed by atoms with Crippen LogP contribution in [0.15, 0.2) is 60.0 Å². The number of anilines is 1. The van der Waals surface area contributed by atoms with Crippen LogP contribution < -0.4 is 9.64 Å². The fourth-order valence-corrected chi connectivity index (χ4v) is 4.24. The Bertz CT molecular complexity index is 937. The van der Waals surface area contributed by atoms with Crippen LogP contribution in [0.25, 0.3) is 0 Å². The van der Waals surface area contributed by atoms with Crippen LogP contribution in [0.5, 0.6) is 5.75 Å². The number of nitrogens with zero attached hydrogens (tertiary/aromatic N) is 1. The van der Waals surface area contributed by atoms with E-state index in [1.54, 1.807) is 36.4 Å². The predicted molar refractivity (Wildman–Crippen MR) is 102 cm³/mol. The SMILES string of the molecule is CCOc1ccc(N(C(=O)Cc2ccc(F)cc2)[C@H]2C=CS(=O)(=O)C2)cc1. The molecule has 2 aromatic carbocycles. The van der Waals surface area contributed by atoms with Crippen molar-refractivity contribution >= 4 is 21.4 Å². The number of amides is 1. The van der Waals surface area contributed by atoms with Gasteiger partial charge in [0.1, 0.15) is 11.6 Å². The van der Waals surface area contributed by atoms with E-state index in [0.29, 0.717) is 23.6 Å². The minimum atomic E-state index is -3.33. The minimum absolute atomic E-state index is 0.0396. The van der Waals surface area contributed by atoms with Crippen molar-refractivity contribution in [3.63, 3.8) is 0 Å². The molecule has 1 aliphatic heterocycles. The van der Waals surface area contributed by atoms with E-state index in [0.717, 1.165) is 5.41 Å². The molecule has 0 bridgehead atoms. The molecule has 2 aromatic rings. The number of carbonyl (C=O) groups is 1. The Balaban J connectivity index is 1.88. The van der Waals surface area contributed by atoms with Gasteiger partial charge in [-0.25, -0.2) is 12.8 Å². The van der Waals surface area contributed by atoms with Crippen LogP contribution in [0.2, 0.25) is 0 Å². The second kappa shape index (κ2) is 7.92. The molecule has 0 fully saturated rings. The summed E-state index contributed by atoms with van der Waals surface area (Å²) in [5.41, 5.74) is 1.24. The van der Waals surface area contributed by atoms with Crippen molar-refractivity contribution in [1.82, 2.24) is 0 Å². The molecule has 3 rings (SSSR count). The number of hydrogen-bond donors (Lipinski definition) is 0. The molecule has 0 saturated heterocycles. The van der Waals surface area contributed by atoms with E-state index in [4.69, 9.17) is 4.74 Å². The quantitative estimate of drug-likeness (QED) is 0.762. The van der Waals surface area contributed by atoms with Crippen LogP contribution >= 0.6 is 0 Å². The Hall–Kier alpha value is -2.67. The highest BCUT2D eigenvalue weighted by atomic mass is 32.2. The largest absolute Gasteiger partial charge is 0.494 e. The first-order valence-electron chi connectivity index (χ1n) is 8.58. The van der Waals surface area contributed by atoms with Crippen molar-refractivity contribution in [1.29, 1.82) is 0 Å². The Labute approximate surface area is 158 Å². The smallest absolute Gasteiger partial charge is 0.231 e. The molecule has 0 spiro atoms. The number of hydrogen-bond acceptors (Lipinski definition) is 4. The van der Waals surface area contributed by atoms with Crippen LogP contribution in [0.1, 0.15) is 12.5 Å². The molecule has 142 valence electrons. The molecule has 0 N–H and O–H groups in total. The molecule has 1 atom stereocenters. The van der Waals surface area contributed by atoms with Gasteiger partial charge in [-0.1, -0.05) is 12.1 Å². The first kappa shape index (κ1) is 19.1. The highest BCUT2D eigenvalue weighted by Crippen LogP contribution is 2.26. The lowest BCUT2D eigenvalue weighted by Crippen LogP contribution is -2.42. The Morgan fingerprint density at radius 3 is 2.37 bits per heavy atom. The summed E-state index contributed by atoms with van der Waals surface area (Å²) >= 11 is 0. The summed E-state index contributed by atoms with van der Waals surface area (Å²) in [7, 11) is -3.33. The van der Waals surface area contributed by atoms with E-state index in [2.05, 4.69) is 0 Å². The van der Waals surface area contributed by atoms with E-state index < -0.39 is 15.9 Å². The summed E-state index contributed by atoms with van der Waals surface area (Å²) in [6.07, 6.45) is 1.56. The summed E-state index contributed by atoms with van der Waals surface area (Å²) in [5.74, 6) is -0.131. The minimum Gasteiger partial charge on any atom is -0.494 e.